The minimum atomic E-state index is -5.76. The molecule has 0 aromatic heterocycles. The Labute approximate surface area is 307 Å². The van der Waals surface area contributed by atoms with Crippen LogP contribution >= 0.6 is 0 Å². The minimum absolute atomic E-state index is 0. The van der Waals surface area contributed by atoms with E-state index in [2.05, 4.69) is 9.47 Å². The van der Waals surface area contributed by atoms with Gasteiger partial charge in [0.05, 0.1) is 28.6 Å². The highest BCUT2D eigenvalue weighted by atomic mass is 32.2. The van der Waals surface area contributed by atoms with Crippen molar-refractivity contribution < 1.29 is 86.5 Å². The third-order valence-electron chi connectivity index (χ3n) is 8.60. The van der Waals surface area contributed by atoms with E-state index < -0.39 is 104 Å². The molecule has 1 aliphatic rings. The number of carbonyl (C=O) groups is 3. The summed E-state index contributed by atoms with van der Waals surface area (Å²) in [6.07, 6.45) is -11.0. The van der Waals surface area contributed by atoms with Gasteiger partial charge in [0.15, 0.2) is 5.60 Å². The highest BCUT2D eigenvalue weighted by Crippen LogP contribution is 2.57. The molecule has 5 unspecified atom stereocenters. The molecule has 1 fully saturated rings. The van der Waals surface area contributed by atoms with E-state index in [-0.39, 0.29) is 13.8 Å². The molecule has 0 spiro atoms. The molecule has 318 valence electrons. The second-order valence-electron chi connectivity index (χ2n) is 14.6. The van der Waals surface area contributed by atoms with Crippen LogP contribution in [0, 0.1) is 16.7 Å². The third kappa shape index (κ3) is 14.0. The van der Waals surface area contributed by atoms with E-state index in [1.54, 1.807) is 34.6 Å². The largest absolute Gasteiger partial charge is 0.462 e. The maximum atomic E-state index is 14.9. The molecule has 2 N–H and O–H groups in total. The molecule has 0 radical (unpaired) electrons. The van der Waals surface area contributed by atoms with Gasteiger partial charge in [-0.05, 0) is 74.7 Å². The van der Waals surface area contributed by atoms with Gasteiger partial charge in [-0.1, -0.05) is 42.0 Å². The van der Waals surface area contributed by atoms with Crippen molar-refractivity contribution in [2.75, 3.05) is 6.61 Å². The number of aliphatic hydroxyl groups is 1. The Morgan fingerprint density at radius 2 is 1.25 bits per heavy atom. The Morgan fingerprint density at radius 3 is 1.55 bits per heavy atom. The summed E-state index contributed by atoms with van der Waals surface area (Å²) in [6.45, 7) is 16.4. The number of esters is 3. The maximum Gasteiger partial charge on any atom is 0.462 e. The number of carbonyl (C=O) groups excluding carboxylic acids is 3. The Bertz CT molecular complexity index is 1310. The second kappa shape index (κ2) is 19.0. The van der Waals surface area contributed by atoms with Gasteiger partial charge < -0.3 is 24.1 Å². The summed E-state index contributed by atoms with van der Waals surface area (Å²) in [5.74, 6) is -13.7. The highest BCUT2D eigenvalue weighted by molar-refractivity contribution is 7.86. The van der Waals surface area contributed by atoms with E-state index >= 15 is 0 Å². The van der Waals surface area contributed by atoms with Crippen LogP contribution < -0.4 is 0 Å². The first-order chi connectivity index (χ1) is 22.8. The normalized spacial score (nSPS) is 22.7. The molecule has 0 bridgehead atoms. The third-order valence-corrected chi connectivity index (χ3v) is 9.95. The van der Waals surface area contributed by atoms with E-state index in [0.717, 1.165) is 0 Å². The first kappa shape index (κ1) is 55.0. The van der Waals surface area contributed by atoms with E-state index in [1.165, 1.54) is 41.5 Å². The standard InChI is InChI=1S/C16H23F5O5.C12H21F3O3.C4H10O3S.CH4/c1-7-12(4,5)11(23)26-13(6)8-24-15(14(13,17)18,16(19,20)21)25-10(22)9(2)3;1-6-10(3,4)9(16)18-8(2)7-11(5,17)12(13,14)15;1-3-4(2)8(5,6)7;/h9H,7-8H2,1-6H3;8,17H,6-7H2,1-5H3;4H,3H2,1-2H3,(H,5,6,7);1H4. The summed E-state index contributed by atoms with van der Waals surface area (Å²) in [6, 6.07) is 0. The molecular formula is C33H58F8O11S. The van der Waals surface area contributed by atoms with Crippen molar-refractivity contribution in [1.29, 1.82) is 0 Å². The molecular weight excluding hydrogens is 756 g/mol. The molecule has 0 aromatic carbocycles. The summed E-state index contributed by atoms with van der Waals surface area (Å²) in [5.41, 5.74) is -7.76. The van der Waals surface area contributed by atoms with Gasteiger partial charge in [0, 0.05) is 6.42 Å². The number of alkyl halides is 8. The van der Waals surface area contributed by atoms with E-state index in [0.29, 0.717) is 26.7 Å². The van der Waals surface area contributed by atoms with Crippen molar-refractivity contribution in [1.82, 2.24) is 0 Å². The van der Waals surface area contributed by atoms with Gasteiger partial charge in [-0.3, -0.25) is 18.9 Å². The molecule has 1 rings (SSSR count). The monoisotopic (exact) mass is 814 g/mol. The van der Waals surface area contributed by atoms with E-state index in [9.17, 15) is 63.0 Å². The van der Waals surface area contributed by atoms with Gasteiger partial charge in [-0.15, -0.1) is 0 Å². The van der Waals surface area contributed by atoms with Gasteiger partial charge in [0.2, 0.25) is 5.60 Å². The number of rotatable bonds is 12. The topological polar surface area (TPSA) is 163 Å². The fourth-order valence-electron chi connectivity index (χ4n) is 3.43. The fraction of sp³-hybridized carbons (Fsp3) is 0.909. The molecule has 0 aromatic rings. The highest BCUT2D eigenvalue weighted by Gasteiger charge is 2.86. The summed E-state index contributed by atoms with van der Waals surface area (Å²) in [7, 11) is -3.75. The van der Waals surface area contributed by atoms with Gasteiger partial charge in [-0.2, -0.15) is 43.5 Å². The van der Waals surface area contributed by atoms with Crippen molar-refractivity contribution in [3.05, 3.63) is 0 Å². The smallest absolute Gasteiger partial charge is 0.462 e. The zero-order chi connectivity index (χ0) is 42.3. The van der Waals surface area contributed by atoms with Crippen molar-refractivity contribution in [3.63, 3.8) is 0 Å². The molecule has 1 saturated heterocycles. The van der Waals surface area contributed by atoms with Crippen LogP contribution in [0.3, 0.4) is 0 Å². The zero-order valence-corrected chi connectivity index (χ0v) is 32.6. The predicted octanol–water partition coefficient (Wildman–Crippen LogP) is 8.21. The van der Waals surface area contributed by atoms with Gasteiger partial charge in [0.25, 0.3) is 10.1 Å². The number of hydrogen-bond donors (Lipinski definition) is 2. The Kier molecular flexibility index (Phi) is 19.7. The fourth-order valence-corrected chi connectivity index (χ4v) is 3.86. The first-order valence-electron chi connectivity index (χ1n) is 16.3. The van der Waals surface area contributed by atoms with Crippen molar-refractivity contribution in [3.8, 4) is 0 Å². The van der Waals surface area contributed by atoms with Crippen LogP contribution in [0.1, 0.15) is 123 Å². The van der Waals surface area contributed by atoms with Crippen molar-refractivity contribution in [2.24, 2.45) is 16.7 Å². The van der Waals surface area contributed by atoms with Crippen molar-refractivity contribution >= 4 is 28.0 Å². The van der Waals surface area contributed by atoms with Gasteiger partial charge in [-0.25, -0.2) is 0 Å². The van der Waals surface area contributed by atoms with Crippen LogP contribution in [0.25, 0.3) is 0 Å². The average Bonchev–Trinajstić information content (AvgIpc) is 3.16. The molecule has 0 amide bonds. The molecule has 5 atom stereocenters. The molecule has 0 aliphatic carbocycles. The molecule has 1 heterocycles. The van der Waals surface area contributed by atoms with E-state index in [1.807, 2.05) is 0 Å². The van der Waals surface area contributed by atoms with Crippen LogP contribution in [-0.2, 0) is 43.4 Å². The second-order valence-corrected chi connectivity index (χ2v) is 16.4. The predicted molar refractivity (Wildman–Crippen MR) is 178 cm³/mol. The number of halogens is 8. The lowest BCUT2D eigenvalue weighted by atomic mass is 9.89. The molecule has 11 nitrogen and oxygen atoms in total. The van der Waals surface area contributed by atoms with Gasteiger partial charge >= 0.3 is 42.0 Å². The lowest BCUT2D eigenvalue weighted by Crippen LogP contribution is -2.65. The van der Waals surface area contributed by atoms with Crippen LogP contribution in [0.15, 0.2) is 0 Å². The molecule has 53 heavy (non-hydrogen) atoms. The quantitative estimate of drug-likeness (QED) is 0.0845. The summed E-state index contributed by atoms with van der Waals surface area (Å²) < 4.78 is 154. The van der Waals surface area contributed by atoms with Crippen molar-refractivity contribution in [2.45, 2.75) is 170 Å². The lowest BCUT2D eigenvalue weighted by Gasteiger charge is -2.39. The Balaban J connectivity index is -0.000000802. The number of hydrogen-bond acceptors (Lipinski definition) is 10. The van der Waals surface area contributed by atoms with E-state index in [4.69, 9.17) is 14.0 Å². The van der Waals surface area contributed by atoms with Crippen LogP contribution in [0.5, 0.6) is 0 Å². The summed E-state index contributed by atoms with van der Waals surface area (Å²) in [5, 5.41) is 8.66. The Hall–Kier alpha value is -2.32. The zero-order valence-electron chi connectivity index (χ0n) is 31.8. The Morgan fingerprint density at radius 1 is 0.830 bits per heavy atom. The van der Waals surface area contributed by atoms with Gasteiger partial charge in [0.1, 0.15) is 6.10 Å². The molecule has 20 heteroatoms. The number of ether oxygens (including phenoxy) is 4. The van der Waals surface area contributed by atoms with Crippen LogP contribution in [0.4, 0.5) is 35.1 Å². The average molecular weight is 815 g/mol. The summed E-state index contributed by atoms with van der Waals surface area (Å²) >= 11 is 0. The molecule has 1 aliphatic heterocycles. The van der Waals surface area contributed by atoms with Crippen LogP contribution in [0.2, 0.25) is 0 Å². The van der Waals surface area contributed by atoms with Crippen LogP contribution in [-0.4, -0.2) is 89.2 Å². The SMILES string of the molecule is C.CCC(C)(C)C(=O)OC(C)CC(C)(O)C(F)(F)F.CCC(C)(C)C(=O)OC1(C)COC(OC(=O)C(C)C)(C(F)(F)F)C1(F)F.CCC(C)S(=O)(=O)O. The maximum absolute atomic E-state index is 14.9. The molecule has 0 saturated carbocycles. The lowest BCUT2D eigenvalue weighted by molar-refractivity contribution is -0.410. The minimum Gasteiger partial charge on any atom is -0.462 e. The summed E-state index contributed by atoms with van der Waals surface area (Å²) in [4.78, 5) is 35.4. The first-order valence-corrected chi connectivity index (χ1v) is 17.8.